The van der Waals surface area contributed by atoms with Crippen molar-refractivity contribution >= 4 is 11.8 Å². The van der Waals surface area contributed by atoms with Gasteiger partial charge in [-0.1, -0.05) is 13.3 Å². The normalized spacial score (nSPS) is 13.2. The number of hydrogen-bond acceptors (Lipinski definition) is 3. The Morgan fingerprint density at radius 1 is 1.50 bits per heavy atom. The fourth-order valence-electron chi connectivity index (χ4n) is 1.03. The Balaban J connectivity index is 3.19. The van der Waals surface area contributed by atoms with Gasteiger partial charge in [0.2, 0.25) is 0 Å². The third-order valence-corrected chi connectivity index (χ3v) is 2.89. The van der Waals surface area contributed by atoms with Gasteiger partial charge in [0.15, 0.2) is 0 Å². The lowest BCUT2D eigenvalue weighted by molar-refractivity contribution is 0.218. The third-order valence-electron chi connectivity index (χ3n) is 1.80. The van der Waals surface area contributed by atoms with Crippen molar-refractivity contribution in [3.63, 3.8) is 0 Å². The van der Waals surface area contributed by atoms with Gasteiger partial charge in [0.1, 0.15) is 0 Å². The molecule has 0 bridgehead atoms. The van der Waals surface area contributed by atoms with Gasteiger partial charge in [-0.15, -0.1) is 0 Å². The zero-order chi connectivity index (χ0) is 9.23. The predicted molar refractivity (Wildman–Crippen MR) is 57.0 cm³/mol. The summed E-state index contributed by atoms with van der Waals surface area (Å²) in [5.41, 5.74) is 0. The molecule has 0 aromatic heterocycles. The Bertz CT molecular complexity index is 90.6. The standard InChI is InChI=1S/C9H21NOS/c1-4-5-9(10-2)8-12-7-6-11-3/h9-10H,4-8H2,1-3H3. The highest BCUT2D eigenvalue weighted by Gasteiger charge is 2.03. The first-order valence-corrected chi connectivity index (χ1v) is 5.74. The smallest absolute Gasteiger partial charge is 0.0552 e. The summed E-state index contributed by atoms with van der Waals surface area (Å²) in [6, 6.07) is 0.678. The second-order valence-corrected chi connectivity index (χ2v) is 3.99. The molecule has 0 aliphatic carbocycles. The minimum Gasteiger partial charge on any atom is -0.384 e. The Morgan fingerprint density at radius 3 is 2.75 bits per heavy atom. The van der Waals surface area contributed by atoms with Crippen molar-refractivity contribution in [3.8, 4) is 0 Å². The maximum atomic E-state index is 4.98. The van der Waals surface area contributed by atoms with Crippen LogP contribution in [-0.2, 0) is 4.74 Å². The number of hydrogen-bond donors (Lipinski definition) is 1. The van der Waals surface area contributed by atoms with Crippen molar-refractivity contribution in [1.29, 1.82) is 0 Å². The van der Waals surface area contributed by atoms with Crippen LogP contribution in [0.3, 0.4) is 0 Å². The van der Waals surface area contributed by atoms with E-state index >= 15 is 0 Å². The fourth-order valence-corrected chi connectivity index (χ4v) is 2.10. The number of methoxy groups -OCH3 is 1. The van der Waals surface area contributed by atoms with E-state index in [2.05, 4.69) is 12.2 Å². The highest BCUT2D eigenvalue weighted by molar-refractivity contribution is 7.99. The highest BCUT2D eigenvalue weighted by Crippen LogP contribution is 2.06. The molecule has 1 unspecified atom stereocenters. The van der Waals surface area contributed by atoms with Crippen molar-refractivity contribution < 1.29 is 4.74 Å². The van der Waals surface area contributed by atoms with Crippen LogP contribution in [0.25, 0.3) is 0 Å². The van der Waals surface area contributed by atoms with Crippen LogP contribution in [0.5, 0.6) is 0 Å². The maximum absolute atomic E-state index is 4.98. The lowest BCUT2D eigenvalue weighted by Gasteiger charge is -2.13. The molecular weight excluding hydrogens is 170 g/mol. The van der Waals surface area contributed by atoms with Crippen molar-refractivity contribution in [2.75, 3.05) is 32.3 Å². The van der Waals surface area contributed by atoms with Crippen LogP contribution in [0.2, 0.25) is 0 Å². The van der Waals surface area contributed by atoms with E-state index in [1.807, 2.05) is 18.8 Å². The summed E-state index contributed by atoms with van der Waals surface area (Å²) in [5.74, 6) is 2.31. The van der Waals surface area contributed by atoms with E-state index < -0.39 is 0 Å². The number of rotatable bonds is 8. The lowest BCUT2D eigenvalue weighted by atomic mass is 10.2. The molecule has 0 aliphatic rings. The highest BCUT2D eigenvalue weighted by atomic mass is 32.2. The van der Waals surface area contributed by atoms with Crippen LogP contribution in [0.15, 0.2) is 0 Å². The van der Waals surface area contributed by atoms with Crippen molar-refractivity contribution in [3.05, 3.63) is 0 Å². The minimum absolute atomic E-state index is 0.678. The third kappa shape index (κ3) is 6.95. The van der Waals surface area contributed by atoms with Gasteiger partial charge in [0, 0.05) is 24.7 Å². The Hall–Kier alpha value is 0.270. The molecule has 12 heavy (non-hydrogen) atoms. The molecular formula is C9H21NOS. The average molecular weight is 191 g/mol. The summed E-state index contributed by atoms with van der Waals surface area (Å²) in [6.07, 6.45) is 2.53. The summed E-state index contributed by atoms with van der Waals surface area (Å²) in [4.78, 5) is 0. The Kier molecular flexibility index (Phi) is 9.57. The fraction of sp³-hybridized carbons (Fsp3) is 1.00. The van der Waals surface area contributed by atoms with Crippen LogP contribution < -0.4 is 5.32 Å². The van der Waals surface area contributed by atoms with Crippen molar-refractivity contribution in [1.82, 2.24) is 5.32 Å². The van der Waals surface area contributed by atoms with E-state index in [0.29, 0.717) is 6.04 Å². The zero-order valence-electron chi connectivity index (χ0n) is 8.43. The lowest BCUT2D eigenvalue weighted by Crippen LogP contribution is -2.27. The van der Waals surface area contributed by atoms with Gasteiger partial charge >= 0.3 is 0 Å². The van der Waals surface area contributed by atoms with E-state index in [-0.39, 0.29) is 0 Å². The Morgan fingerprint density at radius 2 is 2.25 bits per heavy atom. The van der Waals surface area contributed by atoms with Crippen LogP contribution in [0.4, 0.5) is 0 Å². The molecule has 1 atom stereocenters. The first-order chi connectivity index (χ1) is 5.85. The molecule has 0 saturated heterocycles. The second kappa shape index (κ2) is 9.36. The summed E-state index contributed by atoms with van der Waals surface area (Å²) in [7, 11) is 3.79. The van der Waals surface area contributed by atoms with Crippen LogP contribution in [0.1, 0.15) is 19.8 Å². The first-order valence-electron chi connectivity index (χ1n) is 4.59. The molecule has 0 fully saturated rings. The van der Waals surface area contributed by atoms with Gasteiger partial charge in [0.05, 0.1) is 6.61 Å². The van der Waals surface area contributed by atoms with Gasteiger partial charge in [-0.2, -0.15) is 11.8 Å². The van der Waals surface area contributed by atoms with Crippen molar-refractivity contribution in [2.24, 2.45) is 0 Å². The summed E-state index contributed by atoms with van der Waals surface area (Å²) >= 11 is 1.96. The maximum Gasteiger partial charge on any atom is 0.0552 e. The molecule has 0 rings (SSSR count). The number of nitrogens with one attached hydrogen (secondary N) is 1. The van der Waals surface area contributed by atoms with Crippen LogP contribution in [0, 0.1) is 0 Å². The zero-order valence-corrected chi connectivity index (χ0v) is 9.25. The molecule has 0 amide bonds. The van der Waals surface area contributed by atoms with Crippen LogP contribution in [-0.4, -0.2) is 38.3 Å². The topological polar surface area (TPSA) is 21.3 Å². The molecule has 0 aliphatic heterocycles. The van der Waals surface area contributed by atoms with E-state index in [1.165, 1.54) is 18.6 Å². The van der Waals surface area contributed by atoms with Gasteiger partial charge in [-0.05, 0) is 13.5 Å². The summed E-state index contributed by atoms with van der Waals surface area (Å²) in [6.45, 7) is 3.09. The predicted octanol–water partition coefficient (Wildman–Crippen LogP) is 1.75. The molecule has 1 N–H and O–H groups in total. The van der Waals surface area contributed by atoms with Gasteiger partial charge in [-0.25, -0.2) is 0 Å². The monoisotopic (exact) mass is 191 g/mol. The number of ether oxygens (including phenoxy) is 1. The summed E-state index contributed by atoms with van der Waals surface area (Å²) in [5, 5.41) is 3.32. The van der Waals surface area contributed by atoms with E-state index in [1.54, 1.807) is 7.11 Å². The number of thioether (sulfide) groups is 1. The second-order valence-electron chi connectivity index (χ2n) is 2.84. The molecule has 3 heteroatoms. The van der Waals surface area contributed by atoms with E-state index in [0.717, 1.165) is 12.4 Å². The molecule has 0 spiro atoms. The molecule has 2 nitrogen and oxygen atoms in total. The molecule has 0 saturated carbocycles. The SMILES string of the molecule is CCCC(CSCCOC)NC. The molecule has 0 aromatic rings. The van der Waals surface area contributed by atoms with Gasteiger partial charge in [-0.3, -0.25) is 0 Å². The van der Waals surface area contributed by atoms with Gasteiger partial charge < -0.3 is 10.1 Å². The van der Waals surface area contributed by atoms with E-state index in [4.69, 9.17) is 4.74 Å². The quantitative estimate of drug-likeness (QED) is 0.591. The minimum atomic E-state index is 0.678. The average Bonchev–Trinajstić information content (AvgIpc) is 2.10. The van der Waals surface area contributed by atoms with Gasteiger partial charge in [0.25, 0.3) is 0 Å². The first kappa shape index (κ1) is 12.3. The molecule has 0 aromatic carbocycles. The molecule has 0 radical (unpaired) electrons. The Labute approximate surface area is 80.4 Å². The molecule has 74 valence electrons. The van der Waals surface area contributed by atoms with Crippen molar-refractivity contribution in [2.45, 2.75) is 25.8 Å². The summed E-state index contributed by atoms with van der Waals surface area (Å²) < 4.78 is 4.98. The van der Waals surface area contributed by atoms with E-state index in [9.17, 15) is 0 Å². The van der Waals surface area contributed by atoms with Crippen LogP contribution >= 0.6 is 11.8 Å². The largest absolute Gasteiger partial charge is 0.384 e. The molecule has 0 heterocycles.